The molecule has 18 heavy (non-hydrogen) atoms. The van der Waals surface area contributed by atoms with Crippen molar-refractivity contribution in [1.29, 1.82) is 5.26 Å². The normalized spacial score (nSPS) is 18.1. The van der Waals surface area contributed by atoms with Crippen molar-refractivity contribution in [3.05, 3.63) is 29.3 Å². The van der Waals surface area contributed by atoms with Crippen LogP contribution < -0.4 is 4.74 Å². The Morgan fingerprint density at radius 1 is 1.33 bits per heavy atom. The van der Waals surface area contributed by atoms with Gasteiger partial charge in [0.05, 0.1) is 25.2 Å². The number of methoxy groups -OCH3 is 1. The van der Waals surface area contributed by atoms with Crippen LogP contribution in [0.5, 0.6) is 5.75 Å². The maximum Gasteiger partial charge on any atom is 0.119 e. The Balaban J connectivity index is 2.42. The molecule has 0 radical (unpaired) electrons. The molecule has 0 amide bonds. The third-order valence-electron chi connectivity index (χ3n) is 3.77. The molecule has 3 heteroatoms. The zero-order valence-electron chi connectivity index (χ0n) is 10.8. The summed E-state index contributed by atoms with van der Waals surface area (Å²) in [5.41, 5.74) is 1.02. The molecule has 1 aliphatic rings. The van der Waals surface area contributed by atoms with Gasteiger partial charge in [0, 0.05) is 0 Å². The highest BCUT2D eigenvalue weighted by Crippen LogP contribution is 2.39. The average Bonchev–Trinajstić information content (AvgIpc) is 2.40. The third kappa shape index (κ3) is 2.49. The summed E-state index contributed by atoms with van der Waals surface area (Å²) < 4.78 is 5.23. The molecule has 0 atom stereocenters. The second-order valence-electron chi connectivity index (χ2n) is 4.95. The number of nitriles is 1. The highest BCUT2D eigenvalue weighted by Gasteiger charge is 2.33. The first kappa shape index (κ1) is 12.9. The minimum absolute atomic E-state index is 0.335. The fourth-order valence-electron chi connectivity index (χ4n) is 2.76. The fraction of sp³-hybridized carbons (Fsp3) is 0.533. The topological polar surface area (TPSA) is 53.2 Å². The van der Waals surface area contributed by atoms with E-state index >= 15 is 0 Å². The van der Waals surface area contributed by atoms with Crippen molar-refractivity contribution in [2.75, 3.05) is 7.11 Å². The molecule has 2 rings (SSSR count). The van der Waals surface area contributed by atoms with Crippen LogP contribution in [-0.2, 0) is 12.0 Å². The molecule has 0 aromatic heterocycles. The van der Waals surface area contributed by atoms with Gasteiger partial charge in [-0.2, -0.15) is 5.26 Å². The van der Waals surface area contributed by atoms with Gasteiger partial charge in [0.2, 0.25) is 0 Å². The molecule has 1 N–H and O–H groups in total. The summed E-state index contributed by atoms with van der Waals surface area (Å²) in [4.78, 5) is 0. The number of hydrogen-bond donors (Lipinski definition) is 1. The Morgan fingerprint density at radius 2 is 2.06 bits per heavy atom. The summed E-state index contributed by atoms with van der Waals surface area (Å²) in [6, 6.07) is 7.80. The predicted molar refractivity (Wildman–Crippen MR) is 69.3 cm³/mol. The van der Waals surface area contributed by atoms with E-state index in [1.165, 1.54) is 6.42 Å². The monoisotopic (exact) mass is 245 g/mol. The lowest BCUT2D eigenvalue weighted by Gasteiger charge is -2.34. The predicted octanol–water partition coefficient (Wildman–Crippen LogP) is 2.91. The summed E-state index contributed by atoms with van der Waals surface area (Å²) in [5.74, 6) is 0.741. The quantitative estimate of drug-likeness (QED) is 0.890. The highest BCUT2D eigenvalue weighted by atomic mass is 16.5. The van der Waals surface area contributed by atoms with Gasteiger partial charge >= 0.3 is 0 Å². The van der Waals surface area contributed by atoms with E-state index in [0.717, 1.165) is 42.6 Å². The molecule has 1 aromatic rings. The molecule has 96 valence electrons. The standard InChI is InChI=1S/C15H19NO2/c1-18-13-6-5-12(7-10-16)14(11-13)15(17)8-3-2-4-9-15/h5-6,11,17H,2-4,7-9H2,1H3. The lowest BCUT2D eigenvalue weighted by atomic mass is 9.77. The van der Waals surface area contributed by atoms with Gasteiger partial charge in [-0.3, -0.25) is 0 Å². The molecule has 1 saturated carbocycles. The first-order valence-corrected chi connectivity index (χ1v) is 6.46. The molecular weight excluding hydrogens is 226 g/mol. The summed E-state index contributed by atoms with van der Waals surface area (Å²) in [6.07, 6.45) is 5.15. The van der Waals surface area contributed by atoms with E-state index < -0.39 is 5.60 Å². The van der Waals surface area contributed by atoms with Gasteiger partial charge in [0.15, 0.2) is 0 Å². The van der Waals surface area contributed by atoms with E-state index in [1.54, 1.807) is 7.11 Å². The van der Waals surface area contributed by atoms with Crippen LogP contribution in [0.3, 0.4) is 0 Å². The molecule has 0 saturated heterocycles. The van der Waals surface area contributed by atoms with Crippen molar-refractivity contribution in [2.24, 2.45) is 0 Å². The summed E-state index contributed by atoms with van der Waals surface area (Å²) in [7, 11) is 1.62. The van der Waals surface area contributed by atoms with Crippen molar-refractivity contribution < 1.29 is 9.84 Å². The SMILES string of the molecule is COc1ccc(CC#N)c(C2(O)CCCCC2)c1. The number of ether oxygens (including phenoxy) is 1. The number of benzene rings is 1. The van der Waals surface area contributed by atoms with Crippen molar-refractivity contribution >= 4 is 0 Å². The third-order valence-corrected chi connectivity index (χ3v) is 3.77. The van der Waals surface area contributed by atoms with E-state index in [1.807, 2.05) is 18.2 Å². The van der Waals surface area contributed by atoms with Crippen LogP contribution in [0.4, 0.5) is 0 Å². The Labute approximate surface area is 108 Å². The van der Waals surface area contributed by atoms with Gasteiger partial charge in [0.1, 0.15) is 5.75 Å². The first-order chi connectivity index (χ1) is 8.69. The van der Waals surface area contributed by atoms with Crippen LogP contribution in [0.2, 0.25) is 0 Å². The summed E-state index contributed by atoms with van der Waals surface area (Å²) in [6.45, 7) is 0. The zero-order valence-corrected chi connectivity index (χ0v) is 10.8. The molecule has 0 aliphatic heterocycles. The maximum absolute atomic E-state index is 10.8. The van der Waals surface area contributed by atoms with Crippen LogP contribution in [0, 0.1) is 11.3 Å². The van der Waals surface area contributed by atoms with E-state index in [2.05, 4.69) is 6.07 Å². The lowest BCUT2D eigenvalue weighted by molar-refractivity contribution is -0.00146. The van der Waals surface area contributed by atoms with E-state index in [0.29, 0.717) is 6.42 Å². The number of nitrogens with zero attached hydrogens (tertiary/aromatic N) is 1. The molecule has 1 fully saturated rings. The minimum atomic E-state index is -0.779. The van der Waals surface area contributed by atoms with Gasteiger partial charge in [-0.15, -0.1) is 0 Å². The smallest absolute Gasteiger partial charge is 0.119 e. The van der Waals surface area contributed by atoms with Gasteiger partial charge in [-0.25, -0.2) is 0 Å². The molecular formula is C15H19NO2. The Hall–Kier alpha value is -1.53. The lowest BCUT2D eigenvalue weighted by Crippen LogP contribution is -2.29. The molecule has 0 bridgehead atoms. The average molecular weight is 245 g/mol. The maximum atomic E-state index is 10.8. The second-order valence-corrected chi connectivity index (χ2v) is 4.95. The van der Waals surface area contributed by atoms with Crippen LogP contribution in [0.1, 0.15) is 43.2 Å². The Bertz CT molecular complexity index is 456. The molecule has 3 nitrogen and oxygen atoms in total. The Kier molecular flexibility index (Phi) is 3.88. The van der Waals surface area contributed by atoms with Crippen LogP contribution >= 0.6 is 0 Å². The number of hydrogen-bond acceptors (Lipinski definition) is 3. The highest BCUT2D eigenvalue weighted by molar-refractivity contribution is 5.40. The van der Waals surface area contributed by atoms with Crippen LogP contribution in [0.15, 0.2) is 18.2 Å². The number of aliphatic hydroxyl groups is 1. The molecule has 0 spiro atoms. The number of rotatable bonds is 3. The Morgan fingerprint density at radius 3 is 2.67 bits per heavy atom. The van der Waals surface area contributed by atoms with Crippen molar-refractivity contribution in [2.45, 2.75) is 44.1 Å². The van der Waals surface area contributed by atoms with Gasteiger partial charge in [-0.05, 0) is 36.1 Å². The van der Waals surface area contributed by atoms with Crippen molar-refractivity contribution in [1.82, 2.24) is 0 Å². The van der Waals surface area contributed by atoms with Gasteiger partial charge in [0.25, 0.3) is 0 Å². The molecule has 1 aromatic carbocycles. The molecule has 1 aliphatic carbocycles. The minimum Gasteiger partial charge on any atom is -0.497 e. The molecule has 0 heterocycles. The first-order valence-electron chi connectivity index (χ1n) is 6.46. The van der Waals surface area contributed by atoms with E-state index in [9.17, 15) is 5.11 Å². The van der Waals surface area contributed by atoms with Gasteiger partial charge in [-0.1, -0.05) is 25.3 Å². The van der Waals surface area contributed by atoms with Crippen LogP contribution in [-0.4, -0.2) is 12.2 Å². The van der Waals surface area contributed by atoms with E-state index in [4.69, 9.17) is 10.00 Å². The zero-order chi connectivity index (χ0) is 13.0. The fourth-order valence-corrected chi connectivity index (χ4v) is 2.76. The summed E-state index contributed by atoms with van der Waals surface area (Å²) >= 11 is 0. The van der Waals surface area contributed by atoms with E-state index in [-0.39, 0.29) is 0 Å². The summed E-state index contributed by atoms with van der Waals surface area (Å²) in [5, 5.41) is 19.7. The largest absolute Gasteiger partial charge is 0.497 e. The van der Waals surface area contributed by atoms with Crippen LogP contribution in [0.25, 0.3) is 0 Å². The molecule has 0 unspecified atom stereocenters. The second kappa shape index (κ2) is 5.41. The van der Waals surface area contributed by atoms with Crippen molar-refractivity contribution in [3.8, 4) is 11.8 Å². The van der Waals surface area contributed by atoms with Crippen molar-refractivity contribution in [3.63, 3.8) is 0 Å². The van der Waals surface area contributed by atoms with Gasteiger partial charge < -0.3 is 9.84 Å².